The van der Waals surface area contributed by atoms with Gasteiger partial charge in [-0.3, -0.25) is 4.79 Å². The first-order chi connectivity index (χ1) is 13.1. The monoisotopic (exact) mass is 386 g/mol. The maximum Gasteiger partial charge on any atom is 0.313 e. The number of benzene rings is 1. The second-order valence-electron chi connectivity index (χ2n) is 5.56. The number of carbonyl (C=O) groups excluding carboxylic acids is 2. The third-order valence-electron chi connectivity index (χ3n) is 3.26. The zero-order chi connectivity index (χ0) is 19.7. The van der Waals surface area contributed by atoms with E-state index < -0.39 is 11.8 Å². The minimum absolute atomic E-state index is 0.0283. The third kappa shape index (κ3) is 12.2. The lowest BCUT2D eigenvalue weighted by Crippen LogP contribution is -2.15. The first kappa shape index (κ1) is 23.2. The number of ether oxygens (including phenoxy) is 5. The van der Waals surface area contributed by atoms with Crippen molar-refractivity contribution in [2.24, 2.45) is 0 Å². The molecular weight excluding hydrogens is 359 g/mol. The van der Waals surface area contributed by atoms with Crippen LogP contribution in [-0.2, 0) is 28.5 Å². The summed E-state index contributed by atoms with van der Waals surface area (Å²) in [5, 5.41) is 0. The molecule has 0 aliphatic rings. The number of carbonyl (C=O) groups is 2. The maximum atomic E-state index is 13.6. The van der Waals surface area contributed by atoms with E-state index in [9.17, 15) is 14.0 Å². The van der Waals surface area contributed by atoms with Crippen LogP contribution in [0.4, 0.5) is 4.39 Å². The Morgan fingerprint density at radius 3 is 2.04 bits per heavy atom. The van der Waals surface area contributed by atoms with Gasteiger partial charge in [-0.1, -0.05) is 6.07 Å². The lowest BCUT2D eigenvalue weighted by Gasteiger charge is -2.08. The van der Waals surface area contributed by atoms with E-state index in [1.54, 1.807) is 13.0 Å². The topological polar surface area (TPSA) is 80.3 Å². The Morgan fingerprint density at radius 1 is 0.926 bits per heavy atom. The molecule has 7 nitrogen and oxygen atoms in total. The van der Waals surface area contributed by atoms with E-state index in [0.29, 0.717) is 52.7 Å². The van der Waals surface area contributed by atoms with Crippen LogP contribution in [0.25, 0.3) is 0 Å². The SMILES string of the molecule is Cc1ccc(OC(=O)CCOCCOCCOCCOCCC=O)c(F)c1. The largest absolute Gasteiger partial charge is 0.423 e. The lowest BCUT2D eigenvalue weighted by molar-refractivity contribution is -0.135. The van der Waals surface area contributed by atoms with Gasteiger partial charge in [0.2, 0.25) is 0 Å². The minimum Gasteiger partial charge on any atom is -0.423 e. The van der Waals surface area contributed by atoms with Crippen molar-refractivity contribution < 1.29 is 37.7 Å². The molecule has 0 saturated carbocycles. The van der Waals surface area contributed by atoms with Crippen LogP contribution in [0.2, 0.25) is 0 Å². The first-order valence-corrected chi connectivity index (χ1v) is 8.85. The van der Waals surface area contributed by atoms with Gasteiger partial charge in [0, 0.05) is 6.42 Å². The van der Waals surface area contributed by atoms with Crippen molar-refractivity contribution in [3.63, 3.8) is 0 Å². The second kappa shape index (κ2) is 15.2. The Hall–Kier alpha value is -1.87. The average molecular weight is 386 g/mol. The van der Waals surface area contributed by atoms with Gasteiger partial charge in [-0.05, 0) is 24.6 Å². The molecule has 0 fully saturated rings. The summed E-state index contributed by atoms with van der Waals surface area (Å²) in [6, 6.07) is 4.40. The molecule has 0 aliphatic carbocycles. The lowest BCUT2D eigenvalue weighted by atomic mass is 10.2. The molecule has 0 radical (unpaired) electrons. The Kier molecular flexibility index (Phi) is 13.1. The summed E-state index contributed by atoms with van der Waals surface area (Å²) in [7, 11) is 0. The Balaban J connectivity index is 1.89. The van der Waals surface area contributed by atoms with Crippen molar-refractivity contribution in [1.29, 1.82) is 0 Å². The summed E-state index contributed by atoms with van der Waals surface area (Å²) in [4.78, 5) is 21.7. The molecule has 0 spiro atoms. The molecule has 152 valence electrons. The van der Waals surface area contributed by atoms with Crippen molar-refractivity contribution in [2.45, 2.75) is 19.8 Å². The molecule has 0 N–H and O–H groups in total. The summed E-state index contributed by atoms with van der Waals surface area (Å²) in [5.74, 6) is -1.20. The fourth-order valence-electron chi connectivity index (χ4n) is 1.91. The Morgan fingerprint density at radius 2 is 1.48 bits per heavy atom. The van der Waals surface area contributed by atoms with Gasteiger partial charge in [0.25, 0.3) is 0 Å². The molecule has 0 amide bonds. The highest BCUT2D eigenvalue weighted by Crippen LogP contribution is 2.18. The fourth-order valence-corrected chi connectivity index (χ4v) is 1.91. The highest BCUT2D eigenvalue weighted by atomic mass is 19.1. The molecule has 1 rings (SSSR count). The van der Waals surface area contributed by atoms with Crippen molar-refractivity contribution in [2.75, 3.05) is 52.9 Å². The second-order valence-corrected chi connectivity index (χ2v) is 5.56. The standard InChI is InChI=1S/C19H27FO7/c1-16-3-4-18(17(20)15-16)27-19(22)5-8-24-10-12-26-14-13-25-11-9-23-7-2-6-21/h3-4,6,15H,2,5,7-14H2,1H3. The molecule has 0 aromatic heterocycles. The quantitative estimate of drug-likeness (QED) is 0.186. The normalized spacial score (nSPS) is 10.7. The van der Waals surface area contributed by atoms with Crippen LogP contribution in [0, 0.1) is 12.7 Å². The smallest absolute Gasteiger partial charge is 0.313 e. The molecule has 0 unspecified atom stereocenters. The fraction of sp³-hybridized carbons (Fsp3) is 0.579. The van der Waals surface area contributed by atoms with Gasteiger partial charge in [-0.25, -0.2) is 4.39 Å². The summed E-state index contributed by atoms with van der Waals surface area (Å²) >= 11 is 0. The van der Waals surface area contributed by atoms with Crippen LogP contribution in [0.5, 0.6) is 5.75 Å². The van der Waals surface area contributed by atoms with Crippen molar-refractivity contribution in [3.8, 4) is 5.75 Å². The number of aryl methyl sites for hydroxylation is 1. The summed E-state index contributed by atoms with van der Waals surface area (Å²) in [6.07, 6.45) is 1.23. The van der Waals surface area contributed by atoms with Gasteiger partial charge in [0.15, 0.2) is 11.6 Å². The molecular formula is C19H27FO7. The molecule has 1 aromatic carbocycles. The van der Waals surface area contributed by atoms with Crippen LogP contribution in [0.3, 0.4) is 0 Å². The highest BCUT2D eigenvalue weighted by molar-refractivity contribution is 5.72. The van der Waals surface area contributed by atoms with E-state index in [4.69, 9.17) is 23.7 Å². The Bertz CT molecular complexity index is 551. The van der Waals surface area contributed by atoms with Crippen LogP contribution in [-0.4, -0.2) is 65.1 Å². The van der Waals surface area contributed by atoms with Gasteiger partial charge in [-0.2, -0.15) is 0 Å². The summed E-state index contributed by atoms with van der Waals surface area (Å²) in [6.45, 7) is 4.80. The van der Waals surface area contributed by atoms with Gasteiger partial charge in [-0.15, -0.1) is 0 Å². The van der Waals surface area contributed by atoms with E-state index >= 15 is 0 Å². The van der Waals surface area contributed by atoms with E-state index in [-0.39, 0.29) is 18.8 Å². The molecule has 8 heteroatoms. The van der Waals surface area contributed by atoms with Crippen LogP contribution >= 0.6 is 0 Å². The predicted octanol–water partition coefficient (Wildman–Crippen LogP) is 2.09. The molecule has 0 heterocycles. The molecule has 0 saturated heterocycles. The third-order valence-corrected chi connectivity index (χ3v) is 3.26. The van der Waals surface area contributed by atoms with E-state index in [1.807, 2.05) is 0 Å². The number of aldehydes is 1. The minimum atomic E-state index is -0.563. The first-order valence-electron chi connectivity index (χ1n) is 8.85. The molecule has 27 heavy (non-hydrogen) atoms. The highest BCUT2D eigenvalue weighted by Gasteiger charge is 2.09. The molecule has 0 aliphatic heterocycles. The van der Waals surface area contributed by atoms with Crippen LogP contribution in [0.1, 0.15) is 18.4 Å². The average Bonchev–Trinajstić information content (AvgIpc) is 2.64. The number of rotatable bonds is 16. The van der Waals surface area contributed by atoms with E-state index in [2.05, 4.69) is 0 Å². The molecule has 0 atom stereocenters. The zero-order valence-electron chi connectivity index (χ0n) is 15.6. The number of esters is 1. The van der Waals surface area contributed by atoms with Gasteiger partial charge < -0.3 is 28.5 Å². The van der Waals surface area contributed by atoms with Crippen molar-refractivity contribution in [1.82, 2.24) is 0 Å². The Labute approximate surface area is 158 Å². The van der Waals surface area contributed by atoms with Crippen LogP contribution in [0.15, 0.2) is 18.2 Å². The number of halogens is 1. The number of hydrogen-bond acceptors (Lipinski definition) is 7. The predicted molar refractivity (Wildman–Crippen MR) is 95.3 cm³/mol. The van der Waals surface area contributed by atoms with Gasteiger partial charge >= 0.3 is 5.97 Å². The summed E-state index contributed by atoms with van der Waals surface area (Å²) < 4.78 is 39.5. The molecule has 0 bridgehead atoms. The zero-order valence-corrected chi connectivity index (χ0v) is 15.6. The maximum absolute atomic E-state index is 13.6. The van der Waals surface area contributed by atoms with Gasteiger partial charge in [0.1, 0.15) is 6.29 Å². The van der Waals surface area contributed by atoms with Gasteiger partial charge in [0.05, 0.1) is 59.3 Å². The van der Waals surface area contributed by atoms with Crippen molar-refractivity contribution in [3.05, 3.63) is 29.6 Å². The van der Waals surface area contributed by atoms with E-state index in [1.165, 1.54) is 12.1 Å². The molecule has 1 aromatic rings. The van der Waals surface area contributed by atoms with Crippen molar-refractivity contribution >= 4 is 12.3 Å². The van der Waals surface area contributed by atoms with E-state index in [0.717, 1.165) is 11.8 Å². The number of hydrogen-bond donors (Lipinski definition) is 0. The summed E-state index contributed by atoms with van der Waals surface area (Å²) in [5.41, 5.74) is 0.754. The van der Waals surface area contributed by atoms with Crippen LogP contribution < -0.4 is 4.74 Å².